The van der Waals surface area contributed by atoms with Crippen molar-refractivity contribution >= 4 is 34.9 Å². The quantitative estimate of drug-likeness (QED) is 0.0851. The molecule has 0 saturated carbocycles. The summed E-state index contributed by atoms with van der Waals surface area (Å²) in [6.45, 7) is 8.92. The molecule has 0 aliphatic rings. The van der Waals surface area contributed by atoms with Crippen molar-refractivity contribution in [3.8, 4) is 0 Å². The molecule has 13 heteroatoms. The van der Waals surface area contributed by atoms with Crippen molar-refractivity contribution in [3.63, 3.8) is 0 Å². The van der Waals surface area contributed by atoms with Gasteiger partial charge in [-0.25, -0.2) is 4.79 Å². The number of likely N-dealkylation sites (N-methyl/N-ethyl adjacent to an activating group) is 3. The van der Waals surface area contributed by atoms with Gasteiger partial charge in [0.2, 0.25) is 11.4 Å². The third kappa shape index (κ3) is 7.86. The molecule has 0 aromatic heterocycles. The highest BCUT2D eigenvalue weighted by molar-refractivity contribution is 6.25. The van der Waals surface area contributed by atoms with Gasteiger partial charge in [0.25, 0.3) is 0 Å². The predicted molar refractivity (Wildman–Crippen MR) is 146 cm³/mol. The average molecular weight is 574 g/mol. The van der Waals surface area contributed by atoms with Crippen LogP contribution < -0.4 is 16.0 Å². The zero-order valence-electron chi connectivity index (χ0n) is 25.0. The number of hydrogen-bond donors (Lipinski definition) is 7. The zero-order valence-corrected chi connectivity index (χ0v) is 25.0. The molecule has 230 valence electrons. The molecule has 0 spiro atoms. The van der Waals surface area contributed by atoms with Gasteiger partial charge >= 0.3 is 5.97 Å². The van der Waals surface area contributed by atoms with Crippen LogP contribution in [0.5, 0.6) is 0 Å². The van der Waals surface area contributed by atoms with Gasteiger partial charge in [-0.15, -0.1) is 0 Å². The van der Waals surface area contributed by atoms with Crippen LogP contribution in [0.1, 0.15) is 67.2 Å². The number of carbonyl (C=O) groups is 6. The summed E-state index contributed by atoms with van der Waals surface area (Å²) >= 11 is 0. The fraction of sp³-hybridized carbons (Fsp3) is 0.778. The van der Waals surface area contributed by atoms with Gasteiger partial charge in [-0.2, -0.15) is 0 Å². The summed E-state index contributed by atoms with van der Waals surface area (Å²) in [7, 11) is 4.16. The number of carbonyl (C=O) groups excluding carboxylic acids is 5. The second-order valence-corrected chi connectivity index (χ2v) is 10.7. The molecular formula is C27H47N3O10. The molecule has 0 rings (SSSR count). The van der Waals surface area contributed by atoms with E-state index in [2.05, 4.69) is 16.0 Å². The Morgan fingerprint density at radius 2 is 1.15 bits per heavy atom. The van der Waals surface area contributed by atoms with Crippen LogP contribution in [0.4, 0.5) is 0 Å². The second kappa shape index (κ2) is 15.0. The van der Waals surface area contributed by atoms with Gasteiger partial charge in [0.05, 0.1) is 31.0 Å². The molecule has 7 N–H and O–H groups in total. The maximum Gasteiger partial charge on any atom is 0.344 e. The predicted octanol–water partition coefficient (Wildman–Crippen LogP) is -1.21. The van der Waals surface area contributed by atoms with Crippen LogP contribution in [0.15, 0.2) is 0 Å². The lowest BCUT2D eigenvalue weighted by Gasteiger charge is -2.37. The number of nitrogens with one attached hydrogen (secondary N) is 3. The standard InChI is InChI=1S/C27H47N3O10/c1-10-14(3)19(29-8)17(31)12-27(40,24(36)37)23(35)26(39,22(34)20(30-9)15(4)11-2)13-18(32)25(6,38)21(33)16(5)28-7/h14-16,19-20,28-30,38-40H,10-13H2,1-9H3,(H,36,37)/t14?,15?,16-,19-,20+,25?,26?,27?/m0/s1. The Bertz CT molecular complexity index is 968. The third-order valence-electron chi connectivity index (χ3n) is 7.89. The SMILES string of the molecule is CCC(C)[C@H](NC)C(=O)CC(O)(C(=O)O)C(=O)C(O)(CC(=O)C(C)(O)C(=O)[C@H](C)NC)C(=O)[C@H](NC)C(C)CC. The molecule has 0 amide bonds. The van der Waals surface area contributed by atoms with Gasteiger partial charge in [0.15, 0.2) is 34.3 Å². The Kier molecular flexibility index (Phi) is 14.1. The van der Waals surface area contributed by atoms with E-state index >= 15 is 0 Å². The van der Waals surface area contributed by atoms with Crippen molar-refractivity contribution in [1.29, 1.82) is 0 Å². The van der Waals surface area contributed by atoms with Crippen LogP contribution in [0.2, 0.25) is 0 Å². The van der Waals surface area contributed by atoms with Crippen molar-refractivity contribution in [2.75, 3.05) is 21.1 Å². The highest BCUT2D eigenvalue weighted by atomic mass is 16.4. The minimum absolute atomic E-state index is 0.331. The first-order chi connectivity index (χ1) is 18.3. The first-order valence-electron chi connectivity index (χ1n) is 13.4. The van der Waals surface area contributed by atoms with Gasteiger partial charge in [-0.05, 0) is 46.8 Å². The molecule has 0 fully saturated rings. The summed E-state index contributed by atoms with van der Waals surface area (Å²) in [4.78, 5) is 78.7. The van der Waals surface area contributed by atoms with E-state index in [1.165, 1.54) is 28.1 Å². The van der Waals surface area contributed by atoms with Crippen LogP contribution in [0, 0.1) is 11.8 Å². The van der Waals surface area contributed by atoms with Crippen molar-refractivity contribution in [3.05, 3.63) is 0 Å². The minimum atomic E-state index is -3.62. The van der Waals surface area contributed by atoms with Crippen molar-refractivity contribution < 1.29 is 49.2 Å². The maximum absolute atomic E-state index is 13.8. The molecule has 0 saturated heterocycles. The smallest absolute Gasteiger partial charge is 0.344 e. The third-order valence-corrected chi connectivity index (χ3v) is 7.89. The van der Waals surface area contributed by atoms with E-state index < -0.39 is 88.6 Å². The molecule has 0 aliphatic carbocycles. The Labute approximate surface area is 235 Å². The fourth-order valence-electron chi connectivity index (χ4n) is 4.50. The molecule has 5 unspecified atom stereocenters. The fourth-order valence-corrected chi connectivity index (χ4v) is 4.50. The number of Topliss-reactive ketones (excluding diaryl/α,β-unsaturated/α-hetero) is 5. The Morgan fingerprint density at radius 1 is 0.700 bits per heavy atom. The molecule has 0 radical (unpaired) electrons. The van der Waals surface area contributed by atoms with Crippen LogP contribution in [-0.4, -0.2) is 111 Å². The summed E-state index contributed by atoms with van der Waals surface area (Å²) < 4.78 is 0. The molecule has 0 aromatic carbocycles. The van der Waals surface area contributed by atoms with Crippen molar-refractivity contribution in [1.82, 2.24) is 16.0 Å². The molecule has 40 heavy (non-hydrogen) atoms. The molecule has 13 nitrogen and oxygen atoms in total. The highest BCUT2D eigenvalue weighted by Crippen LogP contribution is 2.31. The normalized spacial score (nSPS) is 20.0. The second-order valence-electron chi connectivity index (χ2n) is 10.7. The van der Waals surface area contributed by atoms with Gasteiger partial charge in [-0.3, -0.25) is 24.0 Å². The average Bonchev–Trinajstić information content (AvgIpc) is 2.91. The van der Waals surface area contributed by atoms with Crippen LogP contribution >= 0.6 is 0 Å². The van der Waals surface area contributed by atoms with Gasteiger partial charge in [-0.1, -0.05) is 40.5 Å². The van der Waals surface area contributed by atoms with Crippen molar-refractivity contribution in [2.24, 2.45) is 11.8 Å². The molecule has 0 aliphatic heterocycles. The summed E-state index contributed by atoms with van der Waals surface area (Å²) in [6, 6.07) is -3.32. The van der Waals surface area contributed by atoms with Crippen molar-refractivity contribution in [2.45, 2.75) is 102 Å². The van der Waals surface area contributed by atoms with Crippen LogP contribution in [-0.2, 0) is 28.8 Å². The molecule has 0 heterocycles. The van der Waals surface area contributed by atoms with E-state index in [9.17, 15) is 49.2 Å². The Morgan fingerprint density at radius 3 is 1.52 bits per heavy atom. The number of aliphatic hydroxyl groups is 3. The maximum atomic E-state index is 13.8. The van der Waals surface area contributed by atoms with E-state index in [1.807, 2.05) is 0 Å². The minimum Gasteiger partial charge on any atom is -0.479 e. The highest BCUT2D eigenvalue weighted by Gasteiger charge is 2.61. The molecular weight excluding hydrogens is 526 g/mol. The lowest BCUT2D eigenvalue weighted by molar-refractivity contribution is -0.181. The lowest BCUT2D eigenvalue weighted by Crippen LogP contribution is -2.67. The van der Waals surface area contributed by atoms with E-state index in [4.69, 9.17) is 0 Å². The Hall–Kier alpha value is -2.42. The number of ketones is 5. The van der Waals surface area contributed by atoms with E-state index in [-0.39, 0.29) is 5.92 Å². The van der Waals surface area contributed by atoms with Gasteiger partial charge in [0, 0.05) is 0 Å². The van der Waals surface area contributed by atoms with Crippen LogP contribution in [0.25, 0.3) is 0 Å². The van der Waals surface area contributed by atoms with E-state index in [1.54, 1.807) is 27.7 Å². The number of rotatable bonds is 20. The Balaban J connectivity index is 7.02. The first-order valence-corrected chi connectivity index (χ1v) is 13.4. The zero-order chi connectivity index (χ0) is 31.8. The molecule has 0 bridgehead atoms. The summed E-state index contributed by atoms with van der Waals surface area (Å²) in [5.41, 5.74) is -9.94. The number of carboxylic acid groups (broad SMARTS) is 1. The van der Waals surface area contributed by atoms with E-state index in [0.29, 0.717) is 12.8 Å². The summed E-state index contributed by atoms with van der Waals surface area (Å²) in [5, 5.41) is 51.3. The lowest BCUT2D eigenvalue weighted by atomic mass is 9.71. The number of carboxylic acids is 1. The molecule has 8 atom stereocenters. The van der Waals surface area contributed by atoms with Gasteiger partial charge in [0.1, 0.15) is 0 Å². The summed E-state index contributed by atoms with van der Waals surface area (Å²) in [5.74, 6) is -9.86. The van der Waals surface area contributed by atoms with Crippen LogP contribution in [0.3, 0.4) is 0 Å². The number of aliphatic carboxylic acids is 1. The largest absolute Gasteiger partial charge is 0.479 e. The molecule has 0 aromatic rings. The van der Waals surface area contributed by atoms with E-state index in [0.717, 1.165) is 6.92 Å². The van der Waals surface area contributed by atoms with Gasteiger partial charge < -0.3 is 36.4 Å². The topological polar surface area (TPSA) is 219 Å². The first kappa shape index (κ1) is 37.6. The monoisotopic (exact) mass is 573 g/mol. The number of hydrogen-bond acceptors (Lipinski definition) is 12. The summed E-state index contributed by atoms with van der Waals surface area (Å²) in [6.07, 6.45) is -2.01.